The number of amides is 2. The molecule has 0 aromatic heterocycles. The van der Waals surface area contributed by atoms with Crippen LogP contribution >= 0.6 is 0 Å². The topological polar surface area (TPSA) is 93.4 Å². The molecule has 0 spiro atoms. The van der Waals surface area contributed by atoms with E-state index >= 15 is 0 Å². The van der Waals surface area contributed by atoms with Crippen molar-refractivity contribution in [2.45, 2.75) is 33.8 Å². The van der Waals surface area contributed by atoms with Gasteiger partial charge in [0.05, 0.1) is 0 Å². The molecule has 21 heavy (non-hydrogen) atoms. The summed E-state index contributed by atoms with van der Waals surface area (Å²) in [6.07, 6.45) is 0.362. The normalized spacial score (nSPS) is 9.14. The number of ether oxygens (including phenoxy) is 1. The Kier molecular flexibility index (Phi) is 10.6. The first kappa shape index (κ1) is 18.9. The number of carbonyl (C=O) groups is 2. The Bertz CT molecular complexity index is 432. The van der Waals surface area contributed by atoms with Crippen LogP contribution < -0.4 is 16.4 Å². The Balaban J connectivity index is -0.000000385. The summed E-state index contributed by atoms with van der Waals surface area (Å²) in [5, 5.41) is 5.27. The van der Waals surface area contributed by atoms with E-state index in [4.69, 9.17) is 10.5 Å². The summed E-state index contributed by atoms with van der Waals surface area (Å²) in [6, 6.07) is 6.78. The van der Waals surface area contributed by atoms with Crippen LogP contribution in [0.25, 0.3) is 0 Å². The van der Waals surface area contributed by atoms with E-state index < -0.39 is 0 Å². The maximum absolute atomic E-state index is 11.4. The van der Waals surface area contributed by atoms with Gasteiger partial charge in [0, 0.05) is 29.5 Å². The van der Waals surface area contributed by atoms with Gasteiger partial charge in [0.2, 0.25) is 0 Å². The molecule has 1 aromatic carbocycles. The first-order chi connectivity index (χ1) is 10.2. The molecule has 1 rings (SSSR count). The molecule has 0 saturated heterocycles. The van der Waals surface area contributed by atoms with E-state index in [9.17, 15) is 9.59 Å². The number of nitrogens with two attached hydrogens (primary N) is 1. The molecule has 0 heterocycles. The Labute approximate surface area is 130 Å². The van der Waals surface area contributed by atoms with E-state index in [1.165, 1.54) is 0 Å². The molecule has 6 nitrogen and oxygen atoms in total. The van der Waals surface area contributed by atoms with Gasteiger partial charge in [-0.05, 0) is 17.7 Å². The summed E-state index contributed by atoms with van der Waals surface area (Å²) in [5.41, 5.74) is 6.81. The van der Waals surface area contributed by atoms with Gasteiger partial charge in [0.25, 0.3) is 0 Å². The summed E-state index contributed by atoms with van der Waals surface area (Å²) >= 11 is 0. The molecule has 0 radical (unpaired) electrons. The van der Waals surface area contributed by atoms with E-state index in [0.29, 0.717) is 25.2 Å². The molecular weight excluding hydrogens is 270 g/mol. The highest BCUT2D eigenvalue weighted by molar-refractivity contribution is 5.89. The van der Waals surface area contributed by atoms with Crippen molar-refractivity contribution < 1.29 is 18.6 Å². The molecule has 0 saturated carbocycles. The van der Waals surface area contributed by atoms with E-state index in [1.54, 1.807) is 31.2 Å². The van der Waals surface area contributed by atoms with Crippen molar-refractivity contribution in [3.8, 4) is 0 Å². The lowest BCUT2D eigenvalue weighted by Crippen LogP contribution is -2.32. The zero-order chi connectivity index (χ0) is 16.1. The van der Waals surface area contributed by atoms with E-state index in [1.807, 2.05) is 13.8 Å². The fourth-order valence-electron chi connectivity index (χ4n) is 1.31. The molecular formula is C15H31N3O3. The van der Waals surface area contributed by atoms with Gasteiger partial charge in [0.15, 0.2) is 0 Å². The van der Waals surface area contributed by atoms with E-state index in [2.05, 4.69) is 10.6 Å². The lowest BCUT2D eigenvalue weighted by atomic mass is 10.2. The highest BCUT2D eigenvalue weighted by Gasteiger charge is 2.02. The molecule has 124 valence electrons. The van der Waals surface area contributed by atoms with E-state index in [-0.39, 0.29) is 22.9 Å². The molecule has 0 unspecified atom stereocenters. The summed E-state index contributed by atoms with van der Waals surface area (Å²) in [6.45, 7) is 6.81. The second-order valence-corrected chi connectivity index (χ2v) is 3.88. The Morgan fingerprint density at radius 1 is 1.24 bits per heavy atom. The number of anilines is 1. The third-order valence-electron chi connectivity index (χ3n) is 2.33. The van der Waals surface area contributed by atoms with Crippen LogP contribution in [0, 0.1) is 0 Å². The van der Waals surface area contributed by atoms with Crippen LogP contribution in [0.3, 0.4) is 0 Å². The third-order valence-corrected chi connectivity index (χ3v) is 2.33. The summed E-state index contributed by atoms with van der Waals surface area (Å²) in [7, 11) is 0. The number of hydrogen-bond donors (Lipinski definition) is 3. The molecule has 0 aliphatic rings. The maximum Gasteiger partial charge on any atom is 0.319 e. The van der Waals surface area contributed by atoms with Crippen molar-refractivity contribution in [2.24, 2.45) is 5.73 Å². The molecule has 4 N–H and O–H groups in total. The predicted molar refractivity (Wildman–Crippen MR) is 90.3 cm³/mol. The minimum Gasteiger partial charge on any atom is -0.461 e. The lowest BCUT2D eigenvalue weighted by Gasteiger charge is -2.08. The van der Waals surface area contributed by atoms with Crippen LogP contribution in [0.15, 0.2) is 24.3 Å². The van der Waals surface area contributed by atoms with Crippen LogP contribution in [0.5, 0.6) is 0 Å². The lowest BCUT2D eigenvalue weighted by molar-refractivity contribution is -0.144. The van der Waals surface area contributed by atoms with Crippen molar-refractivity contribution in [1.82, 2.24) is 5.32 Å². The minimum absolute atomic E-state index is 0. The molecule has 0 fully saturated rings. The Morgan fingerprint density at radius 3 is 2.38 bits per heavy atom. The number of rotatable bonds is 6. The fourth-order valence-corrected chi connectivity index (χ4v) is 1.31. The van der Waals surface area contributed by atoms with Crippen LogP contribution in [-0.2, 0) is 16.1 Å². The standard InChI is InChI=1S/C13H19N3O3.C2H6.3H2/c1-2-12(17)19-9-10-3-5-11(6-4-10)16-13(18)15-8-7-14;1-2;;;/h3-6H,2,7-9,14H2,1H3,(H2,15,16,18);1-2H3;3*1H. The predicted octanol–water partition coefficient (Wildman–Crippen LogP) is 2.98. The Morgan fingerprint density at radius 2 is 1.86 bits per heavy atom. The van der Waals surface area contributed by atoms with E-state index in [0.717, 1.165) is 5.56 Å². The summed E-state index contributed by atoms with van der Waals surface area (Å²) < 4.78 is 5.00. The van der Waals surface area contributed by atoms with Crippen molar-refractivity contribution in [1.29, 1.82) is 0 Å². The zero-order valence-corrected chi connectivity index (χ0v) is 12.9. The van der Waals surface area contributed by atoms with Gasteiger partial charge in [-0.25, -0.2) is 4.79 Å². The highest BCUT2D eigenvalue weighted by Crippen LogP contribution is 2.10. The van der Waals surface area contributed by atoms with Crippen molar-refractivity contribution in [2.75, 3.05) is 18.4 Å². The maximum atomic E-state index is 11.4. The van der Waals surface area contributed by atoms with Gasteiger partial charge in [-0.3, -0.25) is 4.79 Å². The minimum atomic E-state index is -0.296. The first-order valence-electron chi connectivity index (χ1n) is 7.15. The molecule has 2 amide bonds. The Hall–Kier alpha value is -2.08. The fraction of sp³-hybridized carbons (Fsp3) is 0.467. The largest absolute Gasteiger partial charge is 0.461 e. The van der Waals surface area contributed by atoms with Gasteiger partial charge in [-0.1, -0.05) is 32.9 Å². The quantitative estimate of drug-likeness (QED) is 0.704. The molecule has 0 atom stereocenters. The summed E-state index contributed by atoms with van der Waals surface area (Å²) in [4.78, 5) is 22.4. The molecule has 6 heteroatoms. The third kappa shape index (κ3) is 8.65. The average molecular weight is 301 g/mol. The monoisotopic (exact) mass is 301 g/mol. The van der Waals surface area contributed by atoms with Gasteiger partial charge >= 0.3 is 12.0 Å². The molecule has 0 aliphatic heterocycles. The molecule has 0 bridgehead atoms. The second-order valence-electron chi connectivity index (χ2n) is 3.88. The number of urea groups is 1. The summed E-state index contributed by atoms with van der Waals surface area (Å²) in [5.74, 6) is -0.233. The van der Waals surface area contributed by atoms with Crippen LogP contribution in [0.2, 0.25) is 0 Å². The molecule has 1 aromatic rings. The smallest absolute Gasteiger partial charge is 0.319 e. The van der Waals surface area contributed by atoms with Crippen LogP contribution in [0.4, 0.5) is 10.5 Å². The number of nitrogens with one attached hydrogen (secondary N) is 2. The van der Waals surface area contributed by atoms with Crippen molar-refractivity contribution in [3.63, 3.8) is 0 Å². The molecule has 0 aliphatic carbocycles. The van der Waals surface area contributed by atoms with Gasteiger partial charge < -0.3 is 21.1 Å². The number of hydrogen-bond acceptors (Lipinski definition) is 4. The van der Waals surface area contributed by atoms with Crippen LogP contribution in [0.1, 0.15) is 37.0 Å². The average Bonchev–Trinajstić information content (AvgIpc) is 2.53. The van der Waals surface area contributed by atoms with Gasteiger partial charge in [-0.15, -0.1) is 0 Å². The number of esters is 1. The first-order valence-corrected chi connectivity index (χ1v) is 7.15. The van der Waals surface area contributed by atoms with Gasteiger partial charge in [-0.2, -0.15) is 0 Å². The second kappa shape index (κ2) is 11.7. The SMILES string of the molecule is CC.CCC(=O)OCc1ccc(NC(=O)NCCN)cc1.[HH].[HH].[HH]. The van der Waals surface area contributed by atoms with Crippen molar-refractivity contribution in [3.05, 3.63) is 29.8 Å². The van der Waals surface area contributed by atoms with Gasteiger partial charge in [0.1, 0.15) is 6.61 Å². The van der Waals surface area contributed by atoms with Crippen LogP contribution in [-0.4, -0.2) is 25.1 Å². The number of carbonyl (C=O) groups excluding carboxylic acids is 2. The zero-order valence-electron chi connectivity index (χ0n) is 12.9. The highest BCUT2D eigenvalue weighted by atomic mass is 16.5. The number of benzene rings is 1. The van der Waals surface area contributed by atoms with Crippen molar-refractivity contribution >= 4 is 17.7 Å².